The first-order valence-corrected chi connectivity index (χ1v) is 7.23. The Kier molecular flexibility index (Phi) is 2.75. The van der Waals surface area contributed by atoms with Gasteiger partial charge in [0.05, 0.1) is 0 Å². The highest BCUT2D eigenvalue weighted by atomic mass is 14.1. The number of benzene rings is 2. The van der Waals surface area contributed by atoms with Crippen molar-refractivity contribution in [3.05, 3.63) is 84.4 Å². The summed E-state index contributed by atoms with van der Waals surface area (Å²) in [5.74, 6) is 0. The van der Waals surface area contributed by atoms with E-state index in [1.165, 1.54) is 38.6 Å². The molecule has 2 aliphatic rings. The Morgan fingerprint density at radius 2 is 1.38 bits per heavy atom. The minimum Gasteiger partial charge on any atom is -0.0616 e. The van der Waals surface area contributed by atoms with Crippen molar-refractivity contribution in [2.45, 2.75) is 6.92 Å². The molecular formula is C21H15. The van der Waals surface area contributed by atoms with E-state index in [9.17, 15) is 0 Å². The molecule has 4 rings (SSSR count). The van der Waals surface area contributed by atoms with Gasteiger partial charge in [-0.2, -0.15) is 0 Å². The third kappa shape index (κ3) is 2.00. The van der Waals surface area contributed by atoms with Gasteiger partial charge in [-0.1, -0.05) is 72.8 Å². The van der Waals surface area contributed by atoms with E-state index in [-0.39, 0.29) is 0 Å². The second-order valence-corrected chi connectivity index (χ2v) is 5.44. The summed E-state index contributed by atoms with van der Waals surface area (Å²) < 4.78 is 0. The van der Waals surface area contributed by atoms with E-state index in [0.29, 0.717) is 0 Å². The van der Waals surface area contributed by atoms with Crippen molar-refractivity contribution < 1.29 is 0 Å². The summed E-state index contributed by atoms with van der Waals surface area (Å²) in [5, 5.41) is 2.58. The van der Waals surface area contributed by atoms with Crippen LogP contribution in [0.4, 0.5) is 0 Å². The topological polar surface area (TPSA) is 0 Å². The molecule has 99 valence electrons. The van der Waals surface area contributed by atoms with Crippen molar-refractivity contribution >= 4 is 10.8 Å². The maximum atomic E-state index is 3.44. The van der Waals surface area contributed by atoms with Crippen molar-refractivity contribution in [1.29, 1.82) is 0 Å². The second-order valence-electron chi connectivity index (χ2n) is 5.44. The molecular weight excluding hydrogens is 252 g/mol. The maximum absolute atomic E-state index is 3.44. The molecule has 0 aromatic heterocycles. The predicted molar refractivity (Wildman–Crippen MR) is 89.6 cm³/mol. The van der Waals surface area contributed by atoms with E-state index in [1.807, 2.05) is 0 Å². The molecule has 0 nitrogen and oxygen atoms in total. The van der Waals surface area contributed by atoms with Crippen molar-refractivity contribution in [1.82, 2.24) is 0 Å². The molecule has 0 heteroatoms. The number of hydrogen-bond acceptors (Lipinski definition) is 0. The van der Waals surface area contributed by atoms with Crippen molar-refractivity contribution in [2.75, 3.05) is 0 Å². The third-order valence-electron chi connectivity index (χ3n) is 3.99. The minimum absolute atomic E-state index is 1.18. The van der Waals surface area contributed by atoms with Gasteiger partial charge in [-0.05, 0) is 51.6 Å². The predicted octanol–water partition coefficient (Wildman–Crippen LogP) is 5.72. The van der Waals surface area contributed by atoms with Crippen LogP contribution in [-0.4, -0.2) is 0 Å². The Bertz CT molecular complexity index is 897. The molecule has 2 aromatic carbocycles. The molecule has 0 unspecified atom stereocenters. The van der Waals surface area contributed by atoms with Crippen molar-refractivity contribution in [3.63, 3.8) is 0 Å². The Labute approximate surface area is 125 Å². The Balaban J connectivity index is 2.09. The second kappa shape index (κ2) is 4.75. The fourth-order valence-electron chi connectivity index (χ4n) is 3.05. The Morgan fingerprint density at radius 1 is 0.667 bits per heavy atom. The highest BCUT2D eigenvalue weighted by molar-refractivity contribution is 6.00. The van der Waals surface area contributed by atoms with Crippen LogP contribution in [0.25, 0.3) is 33.0 Å². The molecule has 21 heavy (non-hydrogen) atoms. The first kappa shape index (κ1) is 12.2. The van der Waals surface area contributed by atoms with Crippen LogP contribution in [0.1, 0.15) is 5.56 Å². The molecule has 0 aliphatic heterocycles. The van der Waals surface area contributed by atoms with Gasteiger partial charge >= 0.3 is 0 Å². The van der Waals surface area contributed by atoms with Gasteiger partial charge in [-0.3, -0.25) is 0 Å². The smallest absolute Gasteiger partial charge is 0.00668 e. The zero-order valence-corrected chi connectivity index (χ0v) is 11.9. The van der Waals surface area contributed by atoms with Crippen molar-refractivity contribution in [2.24, 2.45) is 0 Å². The summed E-state index contributed by atoms with van der Waals surface area (Å²) in [6.45, 7) is 2.10. The average Bonchev–Trinajstić information content (AvgIpc) is 2.77. The highest BCUT2D eigenvalue weighted by Crippen LogP contribution is 2.37. The van der Waals surface area contributed by atoms with Gasteiger partial charge in [0.1, 0.15) is 0 Å². The zero-order chi connectivity index (χ0) is 14.2. The fourth-order valence-corrected chi connectivity index (χ4v) is 3.05. The number of fused-ring (bicyclic) bond motifs is 2. The lowest BCUT2D eigenvalue weighted by atomic mass is 9.95. The lowest BCUT2D eigenvalue weighted by molar-refractivity contribution is 1.54. The molecule has 0 heterocycles. The summed E-state index contributed by atoms with van der Waals surface area (Å²) in [7, 11) is 0. The van der Waals surface area contributed by atoms with Crippen molar-refractivity contribution in [3.8, 4) is 22.3 Å². The molecule has 0 saturated carbocycles. The Morgan fingerprint density at radius 3 is 2.33 bits per heavy atom. The summed E-state index contributed by atoms with van der Waals surface area (Å²) >= 11 is 0. The van der Waals surface area contributed by atoms with Gasteiger partial charge in [0.2, 0.25) is 0 Å². The lowest BCUT2D eigenvalue weighted by Crippen LogP contribution is -1.82. The van der Waals surface area contributed by atoms with Gasteiger partial charge in [0.15, 0.2) is 0 Å². The summed E-state index contributed by atoms with van der Waals surface area (Å²) in [4.78, 5) is 0. The van der Waals surface area contributed by atoms with E-state index in [1.54, 1.807) is 0 Å². The van der Waals surface area contributed by atoms with E-state index >= 15 is 0 Å². The highest BCUT2D eigenvalue weighted by Gasteiger charge is 2.12. The quantitative estimate of drug-likeness (QED) is 0.414. The Hall–Kier alpha value is -2.60. The molecule has 0 bridgehead atoms. The molecule has 0 N–H and O–H groups in total. The van der Waals surface area contributed by atoms with Gasteiger partial charge < -0.3 is 0 Å². The number of hydrogen-bond donors (Lipinski definition) is 0. The molecule has 0 saturated heterocycles. The van der Waals surface area contributed by atoms with Crippen LogP contribution in [0, 0.1) is 13.0 Å². The van der Waals surface area contributed by atoms with Crippen LogP contribution in [0.3, 0.4) is 0 Å². The van der Waals surface area contributed by atoms with Crippen LogP contribution in [-0.2, 0) is 0 Å². The summed E-state index contributed by atoms with van der Waals surface area (Å²) in [5.41, 5.74) is 6.21. The average molecular weight is 267 g/mol. The first-order valence-electron chi connectivity index (χ1n) is 7.23. The lowest BCUT2D eigenvalue weighted by Gasteiger charge is -2.08. The largest absolute Gasteiger partial charge is 0.0616 e. The SMILES string of the molecule is Cc1[c]c2ccccc(-c3cccc4ccccc34)c-2c1. The summed E-state index contributed by atoms with van der Waals surface area (Å²) in [6.07, 6.45) is 0. The molecule has 0 spiro atoms. The van der Waals surface area contributed by atoms with Gasteiger partial charge in [-0.15, -0.1) is 0 Å². The van der Waals surface area contributed by atoms with Crippen LogP contribution < -0.4 is 0 Å². The maximum Gasteiger partial charge on any atom is -0.00668 e. The monoisotopic (exact) mass is 267 g/mol. The number of rotatable bonds is 1. The fraction of sp³-hybridized carbons (Fsp3) is 0.0476. The standard InChI is InChI=1S/C21H15/c1-15-13-17-8-3-5-11-20(21(17)14-15)19-12-6-9-16-7-2-4-10-18(16)19/h2-12,14H,1H3. The molecule has 1 radical (unpaired) electrons. The molecule has 0 atom stereocenters. The van der Waals surface area contributed by atoms with E-state index in [4.69, 9.17) is 0 Å². The normalized spacial score (nSPS) is 11.1. The first-order chi connectivity index (χ1) is 10.3. The van der Waals surface area contributed by atoms with Gasteiger partial charge in [0.25, 0.3) is 0 Å². The number of aryl methyl sites for hydroxylation is 1. The zero-order valence-electron chi connectivity index (χ0n) is 11.9. The molecule has 2 aliphatic carbocycles. The molecule has 0 fully saturated rings. The van der Waals surface area contributed by atoms with Gasteiger partial charge in [0, 0.05) is 0 Å². The van der Waals surface area contributed by atoms with Crippen LogP contribution in [0.15, 0.2) is 72.8 Å². The molecule has 0 amide bonds. The van der Waals surface area contributed by atoms with E-state index in [0.717, 1.165) is 0 Å². The van der Waals surface area contributed by atoms with Gasteiger partial charge in [-0.25, -0.2) is 0 Å². The van der Waals surface area contributed by atoms with Crippen LogP contribution in [0.2, 0.25) is 0 Å². The minimum atomic E-state index is 1.18. The van der Waals surface area contributed by atoms with E-state index in [2.05, 4.69) is 85.8 Å². The van der Waals surface area contributed by atoms with Crippen LogP contribution >= 0.6 is 0 Å². The molecule has 2 aromatic rings. The summed E-state index contributed by atoms with van der Waals surface area (Å²) in [6, 6.07) is 29.3. The van der Waals surface area contributed by atoms with E-state index < -0.39 is 0 Å². The van der Waals surface area contributed by atoms with Crippen LogP contribution in [0.5, 0.6) is 0 Å². The third-order valence-corrected chi connectivity index (χ3v) is 3.99.